The highest BCUT2D eigenvalue weighted by atomic mass is 16.7. The Labute approximate surface area is 110 Å². The molecule has 2 N–H and O–H groups in total. The van der Waals surface area contributed by atoms with Crippen LogP contribution in [-0.4, -0.2) is 47.9 Å². The monoisotopic (exact) mass is 268 g/mol. The molecule has 0 saturated carbocycles. The van der Waals surface area contributed by atoms with Crippen LogP contribution >= 0.6 is 0 Å². The number of esters is 1. The zero-order chi connectivity index (χ0) is 13.8. The second kappa shape index (κ2) is 6.12. The summed E-state index contributed by atoms with van der Waals surface area (Å²) in [7, 11) is 1.32. The average molecular weight is 268 g/mol. The lowest BCUT2D eigenvalue weighted by Crippen LogP contribution is -2.37. The number of ether oxygens (including phenoxy) is 3. The quantitative estimate of drug-likeness (QED) is 0.737. The Morgan fingerprint density at radius 3 is 2.53 bits per heavy atom. The van der Waals surface area contributed by atoms with E-state index < -0.39 is 30.6 Å². The van der Waals surface area contributed by atoms with Crippen molar-refractivity contribution in [1.29, 1.82) is 0 Å². The first-order valence-corrected chi connectivity index (χ1v) is 5.88. The Balaban J connectivity index is 1.90. The first-order valence-electron chi connectivity index (χ1n) is 5.88. The van der Waals surface area contributed by atoms with Crippen molar-refractivity contribution in [2.24, 2.45) is 0 Å². The summed E-state index contributed by atoms with van der Waals surface area (Å²) >= 11 is 0. The highest BCUT2D eigenvalue weighted by molar-refractivity contribution is 5.76. The van der Waals surface area contributed by atoms with Crippen molar-refractivity contribution in [3.05, 3.63) is 35.9 Å². The van der Waals surface area contributed by atoms with Gasteiger partial charge in [0.2, 0.25) is 0 Å². The van der Waals surface area contributed by atoms with E-state index in [1.165, 1.54) is 7.11 Å². The summed E-state index contributed by atoms with van der Waals surface area (Å²) in [5.74, 6) is -0.727. The molecular formula is C13H16O6. The van der Waals surface area contributed by atoms with Crippen LogP contribution in [0.3, 0.4) is 0 Å². The molecule has 1 aliphatic heterocycles. The minimum Gasteiger partial charge on any atom is -0.459 e. The summed E-state index contributed by atoms with van der Waals surface area (Å²) in [6.07, 6.45) is -4.87. The van der Waals surface area contributed by atoms with Gasteiger partial charge in [0, 0.05) is 7.11 Å². The van der Waals surface area contributed by atoms with Gasteiger partial charge in [-0.05, 0) is 5.56 Å². The summed E-state index contributed by atoms with van der Waals surface area (Å²) in [6.45, 7) is 0.0833. The predicted molar refractivity (Wildman–Crippen MR) is 63.9 cm³/mol. The molecule has 1 fully saturated rings. The van der Waals surface area contributed by atoms with Crippen LogP contribution in [0.15, 0.2) is 30.3 Å². The molecule has 6 heteroatoms. The lowest BCUT2D eigenvalue weighted by Gasteiger charge is -2.13. The summed E-state index contributed by atoms with van der Waals surface area (Å²) in [4.78, 5) is 11.8. The second-order valence-corrected chi connectivity index (χ2v) is 4.24. The number of benzene rings is 1. The zero-order valence-corrected chi connectivity index (χ0v) is 10.4. The van der Waals surface area contributed by atoms with E-state index in [9.17, 15) is 15.0 Å². The second-order valence-electron chi connectivity index (χ2n) is 4.24. The lowest BCUT2D eigenvalue weighted by atomic mass is 10.1. The van der Waals surface area contributed by atoms with E-state index in [0.29, 0.717) is 0 Å². The number of methoxy groups -OCH3 is 1. The summed E-state index contributed by atoms with van der Waals surface area (Å²) in [5, 5.41) is 19.2. The molecule has 0 radical (unpaired) electrons. The highest BCUT2D eigenvalue weighted by Gasteiger charge is 2.47. The van der Waals surface area contributed by atoms with Gasteiger partial charge >= 0.3 is 5.97 Å². The number of hydrogen-bond donors (Lipinski definition) is 2. The maximum Gasteiger partial charge on any atom is 0.338 e. The predicted octanol–water partition coefficient (Wildman–Crippen LogP) is -0.177. The van der Waals surface area contributed by atoms with Crippen LogP contribution in [-0.2, 0) is 25.6 Å². The molecule has 1 saturated heterocycles. The van der Waals surface area contributed by atoms with Crippen molar-refractivity contribution in [3.8, 4) is 0 Å². The average Bonchev–Trinajstić information content (AvgIpc) is 2.73. The smallest absolute Gasteiger partial charge is 0.338 e. The van der Waals surface area contributed by atoms with Gasteiger partial charge in [0.05, 0.1) is 0 Å². The van der Waals surface area contributed by atoms with Crippen molar-refractivity contribution in [1.82, 2.24) is 0 Å². The standard InChI is InChI=1S/C13H16O6/c1-17-13-10(15)9(14)11(19-13)12(16)18-7-8-5-3-2-4-6-8/h2-6,9-11,13-15H,7H2,1H3/t9-,10-,11-,13-/m0/s1. The van der Waals surface area contributed by atoms with Crippen LogP contribution in [0.5, 0.6) is 0 Å². The number of carbonyl (C=O) groups excluding carboxylic acids is 1. The topological polar surface area (TPSA) is 85.2 Å². The van der Waals surface area contributed by atoms with Gasteiger partial charge in [0.15, 0.2) is 12.4 Å². The van der Waals surface area contributed by atoms with Crippen molar-refractivity contribution in [2.75, 3.05) is 7.11 Å². The van der Waals surface area contributed by atoms with Crippen LogP contribution in [0.4, 0.5) is 0 Å². The minimum atomic E-state index is -1.35. The Kier molecular flexibility index (Phi) is 4.49. The van der Waals surface area contributed by atoms with Gasteiger partial charge in [-0.1, -0.05) is 30.3 Å². The molecule has 0 aromatic heterocycles. The van der Waals surface area contributed by atoms with E-state index >= 15 is 0 Å². The van der Waals surface area contributed by atoms with Crippen LogP contribution in [0.2, 0.25) is 0 Å². The molecular weight excluding hydrogens is 252 g/mol. The lowest BCUT2D eigenvalue weighted by molar-refractivity contribution is -0.177. The van der Waals surface area contributed by atoms with Gasteiger partial charge in [-0.3, -0.25) is 0 Å². The maximum absolute atomic E-state index is 11.8. The SMILES string of the molecule is CO[C@H]1O[C@H](C(=O)OCc2ccccc2)[C@@H](O)[C@@H]1O. The largest absolute Gasteiger partial charge is 0.459 e. The van der Waals surface area contributed by atoms with E-state index in [1.807, 2.05) is 30.3 Å². The zero-order valence-electron chi connectivity index (χ0n) is 10.4. The van der Waals surface area contributed by atoms with Gasteiger partial charge in [0.1, 0.15) is 18.8 Å². The van der Waals surface area contributed by atoms with Gasteiger partial charge in [0.25, 0.3) is 0 Å². The molecule has 104 valence electrons. The van der Waals surface area contributed by atoms with Gasteiger partial charge in [-0.25, -0.2) is 4.79 Å². The third-order valence-electron chi connectivity index (χ3n) is 2.91. The molecule has 6 nitrogen and oxygen atoms in total. The van der Waals surface area contributed by atoms with E-state index in [-0.39, 0.29) is 6.61 Å². The molecule has 0 amide bonds. The molecule has 2 rings (SSSR count). The molecule has 0 aliphatic carbocycles. The third kappa shape index (κ3) is 3.10. The van der Waals surface area contributed by atoms with Crippen LogP contribution < -0.4 is 0 Å². The molecule has 1 heterocycles. The first-order chi connectivity index (χ1) is 9.13. The Morgan fingerprint density at radius 2 is 1.95 bits per heavy atom. The fourth-order valence-corrected chi connectivity index (χ4v) is 1.85. The fourth-order valence-electron chi connectivity index (χ4n) is 1.85. The Morgan fingerprint density at radius 1 is 1.26 bits per heavy atom. The minimum absolute atomic E-state index is 0.0833. The molecule has 0 unspecified atom stereocenters. The van der Waals surface area contributed by atoms with E-state index in [0.717, 1.165) is 5.56 Å². The van der Waals surface area contributed by atoms with Gasteiger partial charge < -0.3 is 24.4 Å². The number of carbonyl (C=O) groups is 1. The molecule has 0 bridgehead atoms. The number of aliphatic hydroxyl groups is 2. The Bertz CT molecular complexity index is 420. The van der Waals surface area contributed by atoms with Crippen molar-refractivity contribution in [3.63, 3.8) is 0 Å². The number of aliphatic hydroxyl groups excluding tert-OH is 2. The van der Waals surface area contributed by atoms with E-state index in [1.54, 1.807) is 0 Å². The van der Waals surface area contributed by atoms with Crippen LogP contribution in [0, 0.1) is 0 Å². The molecule has 4 atom stereocenters. The van der Waals surface area contributed by atoms with Crippen molar-refractivity contribution >= 4 is 5.97 Å². The van der Waals surface area contributed by atoms with Gasteiger partial charge in [-0.2, -0.15) is 0 Å². The molecule has 19 heavy (non-hydrogen) atoms. The summed E-state index contributed by atoms with van der Waals surface area (Å²) < 4.78 is 14.9. The van der Waals surface area contributed by atoms with Gasteiger partial charge in [-0.15, -0.1) is 0 Å². The molecule has 0 spiro atoms. The Hall–Kier alpha value is -1.47. The van der Waals surface area contributed by atoms with Crippen LogP contribution in [0.25, 0.3) is 0 Å². The third-order valence-corrected chi connectivity index (χ3v) is 2.91. The summed E-state index contributed by atoms with van der Waals surface area (Å²) in [6, 6.07) is 9.14. The molecule has 1 aromatic carbocycles. The van der Waals surface area contributed by atoms with Crippen molar-refractivity contribution < 1.29 is 29.2 Å². The van der Waals surface area contributed by atoms with E-state index in [4.69, 9.17) is 14.2 Å². The number of rotatable bonds is 4. The molecule has 1 aliphatic rings. The number of hydrogen-bond acceptors (Lipinski definition) is 6. The normalized spacial score (nSPS) is 30.3. The highest BCUT2D eigenvalue weighted by Crippen LogP contribution is 2.23. The molecule has 1 aromatic rings. The van der Waals surface area contributed by atoms with E-state index in [2.05, 4.69) is 0 Å². The first kappa shape index (κ1) is 14.0. The fraction of sp³-hybridized carbons (Fsp3) is 0.462. The van der Waals surface area contributed by atoms with Crippen LogP contribution in [0.1, 0.15) is 5.56 Å². The summed E-state index contributed by atoms with van der Waals surface area (Å²) in [5.41, 5.74) is 0.826. The maximum atomic E-state index is 11.8. The van der Waals surface area contributed by atoms with Crippen molar-refractivity contribution in [2.45, 2.75) is 31.2 Å².